The van der Waals surface area contributed by atoms with E-state index >= 15 is 0 Å². The van der Waals surface area contributed by atoms with E-state index in [0.29, 0.717) is 11.7 Å². The molecule has 1 aliphatic heterocycles. The Balaban J connectivity index is 2.01. The molecule has 5 nitrogen and oxygen atoms in total. The van der Waals surface area contributed by atoms with Crippen LogP contribution in [0.4, 0.5) is 11.6 Å². The fraction of sp³-hybridized carbons (Fsp3) is 0.600. The number of aliphatic hydroxyl groups excluding tert-OH is 1. The van der Waals surface area contributed by atoms with Crippen molar-refractivity contribution >= 4 is 11.6 Å². The molecule has 1 aromatic rings. The van der Waals surface area contributed by atoms with E-state index in [2.05, 4.69) is 14.9 Å². The second-order valence-corrected chi connectivity index (χ2v) is 3.92. The van der Waals surface area contributed by atoms with Gasteiger partial charge in [-0.2, -0.15) is 0 Å². The summed E-state index contributed by atoms with van der Waals surface area (Å²) in [6, 6.07) is 0. The van der Waals surface area contributed by atoms with E-state index in [1.807, 2.05) is 0 Å². The number of anilines is 2. The minimum absolute atomic E-state index is 0.288. The molecule has 1 saturated heterocycles. The van der Waals surface area contributed by atoms with Crippen LogP contribution >= 0.6 is 0 Å². The molecular weight excluding hydrogens is 192 g/mol. The van der Waals surface area contributed by atoms with Gasteiger partial charge in [0.25, 0.3) is 0 Å². The SMILES string of the molecule is Nc1cncc(N2CCC(CO)CC2)n1. The van der Waals surface area contributed by atoms with Crippen LogP contribution in [0.25, 0.3) is 0 Å². The monoisotopic (exact) mass is 208 g/mol. The van der Waals surface area contributed by atoms with Crippen molar-refractivity contribution in [1.82, 2.24) is 9.97 Å². The lowest BCUT2D eigenvalue weighted by Gasteiger charge is -2.31. The first-order valence-corrected chi connectivity index (χ1v) is 5.23. The molecule has 0 radical (unpaired) electrons. The molecule has 5 heteroatoms. The second kappa shape index (κ2) is 4.44. The summed E-state index contributed by atoms with van der Waals surface area (Å²) in [5.41, 5.74) is 5.58. The van der Waals surface area contributed by atoms with E-state index in [4.69, 9.17) is 10.8 Å². The van der Waals surface area contributed by atoms with Crippen molar-refractivity contribution in [3.8, 4) is 0 Å². The summed E-state index contributed by atoms with van der Waals surface area (Å²) >= 11 is 0. The van der Waals surface area contributed by atoms with E-state index < -0.39 is 0 Å². The Kier molecular flexibility index (Phi) is 3.01. The number of nitrogens with zero attached hydrogens (tertiary/aromatic N) is 3. The Morgan fingerprint density at radius 3 is 2.73 bits per heavy atom. The number of piperidine rings is 1. The Labute approximate surface area is 88.9 Å². The van der Waals surface area contributed by atoms with Crippen LogP contribution in [0.15, 0.2) is 12.4 Å². The lowest BCUT2D eigenvalue weighted by Crippen LogP contribution is -2.35. The van der Waals surface area contributed by atoms with E-state index in [1.54, 1.807) is 12.4 Å². The van der Waals surface area contributed by atoms with Gasteiger partial charge in [0.05, 0.1) is 12.4 Å². The van der Waals surface area contributed by atoms with Gasteiger partial charge in [0.15, 0.2) is 0 Å². The molecule has 82 valence electrons. The smallest absolute Gasteiger partial charge is 0.149 e. The minimum Gasteiger partial charge on any atom is -0.396 e. The highest BCUT2D eigenvalue weighted by molar-refractivity contribution is 5.41. The summed E-state index contributed by atoms with van der Waals surface area (Å²) in [7, 11) is 0. The zero-order valence-corrected chi connectivity index (χ0v) is 8.63. The van der Waals surface area contributed by atoms with Gasteiger partial charge in [0.2, 0.25) is 0 Å². The zero-order valence-electron chi connectivity index (χ0n) is 8.63. The molecule has 0 bridgehead atoms. The van der Waals surface area contributed by atoms with Crippen LogP contribution in [0, 0.1) is 5.92 Å². The quantitative estimate of drug-likeness (QED) is 0.729. The number of hydrogen-bond donors (Lipinski definition) is 2. The molecular formula is C10H16N4O. The number of nitrogens with two attached hydrogens (primary N) is 1. The molecule has 0 unspecified atom stereocenters. The molecule has 0 spiro atoms. The van der Waals surface area contributed by atoms with Gasteiger partial charge in [0.1, 0.15) is 11.6 Å². The van der Waals surface area contributed by atoms with E-state index in [9.17, 15) is 0 Å². The Morgan fingerprint density at radius 2 is 2.13 bits per heavy atom. The van der Waals surface area contributed by atoms with Crippen LogP contribution in [-0.4, -0.2) is 34.8 Å². The molecule has 1 aliphatic rings. The predicted molar refractivity (Wildman–Crippen MR) is 58.5 cm³/mol. The Bertz CT molecular complexity index is 323. The van der Waals surface area contributed by atoms with Crippen LogP contribution in [-0.2, 0) is 0 Å². The van der Waals surface area contributed by atoms with Gasteiger partial charge < -0.3 is 15.7 Å². The van der Waals surface area contributed by atoms with Gasteiger partial charge in [-0.15, -0.1) is 0 Å². The van der Waals surface area contributed by atoms with Crippen molar-refractivity contribution in [2.45, 2.75) is 12.8 Å². The molecule has 1 fully saturated rings. The summed E-state index contributed by atoms with van der Waals surface area (Å²) in [6.45, 7) is 2.13. The highest BCUT2D eigenvalue weighted by Crippen LogP contribution is 2.21. The van der Waals surface area contributed by atoms with E-state index in [1.165, 1.54) is 0 Å². The highest BCUT2D eigenvalue weighted by Gasteiger charge is 2.19. The summed E-state index contributed by atoms with van der Waals surface area (Å²) in [4.78, 5) is 10.4. The van der Waals surface area contributed by atoms with Crippen LogP contribution in [0.1, 0.15) is 12.8 Å². The van der Waals surface area contributed by atoms with E-state index in [-0.39, 0.29) is 6.61 Å². The molecule has 0 saturated carbocycles. The first kappa shape index (κ1) is 10.2. The Morgan fingerprint density at radius 1 is 1.40 bits per heavy atom. The maximum atomic E-state index is 9.03. The number of rotatable bonds is 2. The van der Waals surface area contributed by atoms with Crippen LogP contribution in [0.5, 0.6) is 0 Å². The summed E-state index contributed by atoms with van der Waals surface area (Å²) in [5.74, 6) is 1.73. The van der Waals surface area contributed by atoms with Crippen molar-refractivity contribution < 1.29 is 5.11 Å². The average Bonchev–Trinajstić information content (AvgIpc) is 2.29. The number of nitrogen functional groups attached to an aromatic ring is 1. The van der Waals surface area contributed by atoms with Gasteiger partial charge in [-0.25, -0.2) is 4.98 Å². The molecule has 0 amide bonds. The molecule has 3 N–H and O–H groups in total. The molecule has 0 atom stereocenters. The highest BCUT2D eigenvalue weighted by atomic mass is 16.3. The van der Waals surface area contributed by atoms with Gasteiger partial charge in [-0.3, -0.25) is 4.98 Å². The fourth-order valence-corrected chi connectivity index (χ4v) is 1.87. The topological polar surface area (TPSA) is 75.3 Å². The summed E-state index contributed by atoms with van der Waals surface area (Å²) in [5, 5.41) is 9.03. The molecule has 0 aromatic carbocycles. The van der Waals surface area contributed by atoms with Crippen LogP contribution < -0.4 is 10.6 Å². The minimum atomic E-state index is 0.288. The summed E-state index contributed by atoms with van der Waals surface area (Å²) < 4.78 is 0. The number of aromatic nitrogens is 2. The molecule has 15 heavy (non-hydrogen) atoms. The summed E-state index contributed by atoms with van der Waals surface area (Å²) in [6.07, 6.45) is 5.29. The Hall–Kier alpha value is -1.36. The van der Waals surface area contributed by atoms with Gasteiger partial charge in [-0.05, 0) is 18.8 Å². The number of aliphatic hydroxyl groups is 1. The average molecular weight is 208 g/mol. The lowest BCUT2D eigenvalue weighted by molar-refractivity contribution is 0.203. The first-order valence-electron chi connectivity index (χ1n) is 5.23. The van der Waals surface area contributed by atoms with Crippen LogP contribution in [0.2, 0.25) is 0 Å². The maximum Gasteiger partial charge on any atom is 0.149 e. The van der Waals surface area contributed by atoms with Crippen molar-refractivity contribution in [2.24, 2.45) is 5.92 Å². The van der Waals surface area contributed by atoms with Crippen molar-refractivity contribution in [3.63, 3.8) is 0 Å². The van der Waals surface area contributed by atoms with Crippen molar-refractivity contribution in [1.29, 1.82) is 0 Å². The first-order chi connectivity index (χ1) is 7.29. The predicted octanol–water partition coefficient (Wildman–Crippen LogP) is 0.268. The van der Waals surface area contributed by atoms with Crippen LogP contribution in [0.3, 0.4) is 0 Å². The third-order valence-electron chi connectivity index (χ3n) is 2.84. The third-order valence-corrected chi connectivity index (χ3v) is 2.84. The number of hydrogen-bond acceptors (Lipinski definition) is 5. The maximum absolute atomic E-state index is 9.03. The largest absolute Gasteiger partial charge is 0.396 e. The van der Waals surface area contributed by atoms with Gasteiger partial charge in [0, 0.05) is 19.7 Å². The van der Waals surface area contributed by atoms with Gasteiger partial charge in [-0.1, -0.05) is 0 Å². The van der Waals surface area contributed by atoms with Gasteiger partial charge >= 0.3 is 0 Å². The standard InChI is InChI=1S/C10H16N4O/c11-9-5-12-6-10(13-9)14-3-1-8(7-15)2-4-14/h5-6,8,15H,1-4,7H2,(H2,11,13). The third kappa shape index (κ3) is 2.36. The molecule has 2 heterocycles. The van der Waals surface area contributed by atoms with Crippen molar-refractivity contribution in [2.75, 3.05) is 30.3 Å². The normalized spacial score (nSPS) is 18.1. The zero-order chi connectivity index (χ0) is 10.7. The lowest BCUT2D eigenvalue weighted by atomic mass is 9.98. The molecule has 2 rings (SSSR count). The molecule has 0 aliphatic carbocycles. The van der Waals surface area contributed by atoms with Crippen molar-refractivity contribution in [3.05, 3.63) is 12.4 Å². The second-order valence-electron chi connectivity index (χ2n) is 3.92. The van der Waals surface area contributed by atoms with E-state index in [0.717, 1.165) is 31.7 Å². The fourth-order valence-electron chi connectivity index (χ4n) is 1.87. The molecule has 1 aromatic heterocycles.